The molecule has 3 heterocycles. The standard InChI is InChI=1S/C18H25N3O2S/c1-3-15-19-16(12-5-10-24-17(12)20-15)21-8-6-18(7-9-21)13(22)11-14(18)23-4-2/h5,10,13-14,22H,3-4,6-9,11H2,1-2H3. The number of aromatic nitrogens is 2. The Labute approximate surface area is 146 Å². The van der Waals surface area contributed by atoms with Crippen LogP contribution in [-0.2, 0) is 11.2 Å². The van der Waals surface area contributed by atoms with E-state index in [0.717, 1.165) is 67.2 Å². The number of aliphatic hydroxyl groups is 1. The van der Waals surface area contributed by atoms with Gasteiger partial charge in [-0.2, -0.15) is 0 Å². The molecule has 2 fully saturated rings. The maximum atomic E-state index is 10.4. The Morgan fingerprint density at radius 1 is 1.33 bits per heavy atom. The van der Waals surface area contributed by atoms with Crippen LogP contribution in [0.2, 0.25) is 0 Å². The molecule has 24 heavy (non-hydrogen) atoms. The lowest BCUT2D eigenvalue weighted by atomic mass is 9.58. The van der Waals surface area contributed by atoms with Gasteiger partial charge in [0.2, 0.25) is 0 Å². The van der Waals surface area contributed by atoms with Gasteiger partial charge in [-0.15, -0.1) is 11.3 Å². The van der Waals surface area contributed by atoms with Gasteiger partial charge in [0.05, 0.1) is 17.6 Å². The molecule has 6 heteroatoms. The first kappa shape index (κ1) is 16.2. The fourth-order valence-corrected chi connectivity index (χ4v) is 5.01. The smallest absolute Gasteiger partial charge is 0.141 e. The maximum Gasteiger partial charge on any atom is 0.141 e. The average Bonchev–Trinajstić information content (AvgIpc) is 3.09. The summed E-state index contributed by atoms with van der Waals surface area (Å²) in [7, 11) is 0. The SMILES string of the molecule is CCOC1CC(O)C12CCN(c1nc(CC)nc3sccc13)CC2. The van der Waals surface area contributed by atoms with E-state index in [1.165, 1.54) is 0 Å². The highest BCUT2D eigenvalue weighted by Gasteiger charge is 2.56. The van der Waals surface area contributed by atoms with E-state index < -0.39 is 0 Å². The van der Waals surface area contributed by atoms with Crippen LogP contribution in [0.3, 0.4) is 0 Å². The van der Waals surface area contributed by atoms with Gasteiger partial charge in [0.15, 0.2) is 0 Å². The highest BCUT2D eigenvalue weighted by atomic mass is 32.1. The lowest BCUT2D eigenvalue weighted by Gasteiger charge is -2.56. The molecule has 0 bridgehead atoms. The minimum atomic E-state index is -0.214. The molecule has 2 aromatic rings. The summed E-state index contributed by atoms with van der Waals surface area (Å²) in [5.41, 5.74) is -0.0408. The fraction of sp³-hybridized carbons (Fsp3) is 0.667. The Morgan fingerprint density at radius 3 is 2.79 bits per heavy atom. The Kier molecular flexibility index (Phi) is 4.22. The van der Waals surface area contributed by atoms with E-state index >= 15 is 0 Å². The van der Waals surface area contributed by atoms with Gasteiger partial charge in [0.1, 0.15) is 16.5 Å². The van der Waals surface area contributed by atoms with Crippen LogP contribution < -0.4 is 4.90 Å². The van der Waals surface area contributed by atoms with Crippen molar-refractivity contribution in [3.05, 3.63) is 17.3 Å². The van der Waals surface area contributed by atoms with Crippen LogP contribution in [0.4, 0.5) is 5.82 Å². The molecule has 130 valence electrons. The van der Waals surface area contributed by atoms with Crippen LogP contribution in [0.5, 0.6) is 0 Å². The first-order valence-corrected chi connectivity index (χ1v) is 9.84. The highest BCUT2D eigenvalue weighted by molar-refractivity contribution is 7.16. The van der Waals surface area contributed by atoms with Crippen LogP contribution in [0.15, 0.2) is 11.4 Å². The fourth-order valence-electron chi connectivity index (χ4n) is 4.23. The zero-order valence-electron chi connectivity index (χ0n) is 14.4. The first-order chi connectivity index (χ1) is 11.7. The Hall–Kier alpha value is -1.24. The second-order valence-corrected chi connectivity index (χ2v) is 7.77. The lowest BCUT2D eigenvalue weighted by molar-refractivity contribution is -0.199. The number of nitrogens with zero attached hydrogens (tertiary/aromatic N) is 3. The highest BCUT2D eigenvalue weighted by Crippen LogP contribution is 2.51. The summed E-state index contributed by atoms with van der Waals surface area (Å²) in [4.78, 5) is 12.9. The molecular formula is C18H25N3O2S. The number of aliphatic hydroxyl groups excluding tert-OH is 1. The molecule has 1 aliphatic carbocycles. The zero-order chi connectivity index (χ0) is 16.7. The Morgan fingerprint density at radius 2 is 2.12 bits per heavy atom. The van der Waals surface area contributed by atoms with E-state index in [4.69, 9.17) is 9.72 Å². The van der Waals surface area contributed by atoms with Crippen LogP contribution in [0.25, 0.3) is 10.2 Å². The van der Waals surface area contributed by atoms with Crippen molar-refractivity contribution in [3.8, 4) is 0 Å². The van der Waals surface area contributed by atoms with Crippen molar-refractivity contribution < 1.29 is 9.84 Å². The summed E-state index contributed by atoms with van der Waals surface area (Å²) in [6, 6.07) is 2.13. The molecule has 2 aliphatic rings. The summed E-state index contributed by atoms with van der Waals surface area (Å²) >= 11 is 1.68. The number of piperidine rings is 1. The van der Waals surface area contributed by atoms with E-state index in [1.54, 1.807) is 11.3 Å². The molecule has 2 unspecified atom stereocenters. The van der Waals surface area contributed by atoms with E-state index in [0.29, 0.717) is 0 Å². The topological polar surface area (TPSA) is 58.5 Å². The van der Waals surface area contributed by atoms with Gasteiger partial charge in [-0.05, 0) is 31.2 Å². The van der Waals surface area contributed by atoms with Gasteiger partial charge >= 0.3 is 0 Å². The van der Waals surface area contributed by atoms with E-state index in [9.17, 15) is 5.11 Å². The summed E-state index contributed by atoms with van der Waals surface area (Å²) in [5.74, 6) is 1.98. The number of thiophene rings is 1. The van der Waals surface area contributed by atoms with Crippen LogP contribution in [-0.4, -0.2) is 47.0 Å². The molecule has 1 N–H and O–H groups in total. The third kappa shape index (κ3) is 2.43. The number of hydrogen-bond donors (Lipinski definition) is 1. The molecule has 2 atom stereocenters. The van der Waals surface area contributed by atoms with Crippen molar-refractivity contribution in [2.45, 2.75) is 51.7 Å². The van der Waals surface area contributed by atoms with E-state index in [2.05, 4.69) is 28.3 Å². The van der Waals surface area contributed by atoms with Crippen molar-refractivity contribution in [2.75, 3.05) is 24.6 Å². The number of ether oxygens (including phenoxy) is 1. The van der Waals surface area contributed by atoms with Gasteiger partial charge in [0.25, 0.3) is 0 Å². The number of anilines is 1. The Bertz CT molecular complexity index is 722. The number of hydrogen-bond acceptors (Lipinski definition) is 6. The van der Waals surface area contributed by atoms with Gasteiger partial charge in [-0.3, -0.25) is 0 Å². The van der Waals surface area contributed by atoms with Crippen molar-refractivity contribution in [1.29, 1.82) is 0 Å². The summed E-state index contributed by atoms with van der Waals surface area (Å²) in [6.07, 6.45) is 3.58. The van der Waals surface area contributed by atoms with Gasteiger partial charge < -0.3 is 14.7 Å². The molecule has 4 rings (SSSR count). The minimum Gasteiger partial charge on any atom is -0.392 e. The van der Waals surface area contributed by atoms with Gasteiger partial charge in [0, 0.05) is 38.0 Å². The molecule has 1 saturated carbocycles. The van der Waals surface area contributed by atoms with Gasteiger partial charge in [-0.1, -0.05) is 6.92 Å². The summed E-state index contributed by atoms with van der Waals surface area (Å²) in [5, 5.41) is 13.6. The molecule has 0 aromatic carbocycles. The molecule has 1 spiro atoms. The second kappa shape index (κ2) is 6.24. The number of fused-ring (bicyclic) bond motifs is 1. The Balaban J connectivity index is 1.57. The van der Waals surface area contributed by atoms with Crippen LogP contribution in [0.1, 0.15) is 38.9 Å². The second-order valence-electron chi connectivity index (χ2n) is 6.87. The van der Waals surface area contributed by atoms with Crippen LogP contribution in [0, 0.1) is 5.41 Å². The molecule has 1 aliphatic heterocycles. The predicted octanol–water partition coefficient (Wildman–Crippen LogP) is 3.01. The molecule has 5 nitrogen and oxygen atoms in total. The third-order valence-electron chi connectivity index (χ3n) is 5.77. The quantitative estimate of drug-likeness (QED) is 0.921. The van der Waals surface area contributed by atoms with Crippen molar-refractivity contribution in [2.24, 2.45) is 5.41 Å². The summed E-state index contributed by atoms with van der Waals surface area (Å²) < 4.78 is 5.87. The predicted molar refractivity (Wildman–Crippen MR) is 96.7 cm³/mol. The molecule has 2 aromatic heterocycles. The summed E-state index contributed by atoms with van der Waals surface area (Å²) in [6.45, 7) is 6.71. The van der Waals surface area contributed by atoms with Crippen LogP contribution >= 0.6 is 11.3 Å². The van der Waals surface area contributed by atoms with Crippen molar-refractivity contribution in [3.63, 3.8) is 0 Å². The van der Waals surface area contributed by atoms with Crippen molar-refractivity contribution in [1.82, 2.24) is 9.97 Å². The largest absolute Gasteiger partial charge is 0.392 e. The number of rotatable bonds is 4. The maximum absolute atomic E-state index is 10.4. The number of aryl methyl sites for hydroxylation is 1. The monoisotopic (exact) mass is 347 g/mol. The zero-order valence-corrected chi connectivity index (χ0v) is 15.2. The average molecular weight is 347 g/mol. The van der Waals surface area contributed by atoms with Crippen molar-refractivity contribution >= 4 is 27.4 Å². The molecule has 0 radical (unpaired) electrons. The van der Waals surface area contributed by atoms with E-state index in [-0.39, 0.29) is 17.6 Å². The molecule has 0 amide bonds. The molecule has 1 saturated heterocycles. The normalized spacial score (nSPS) is 26.0. The van der Waals surface area contributed by atoms with E-state index in [1.807, 2.05) is 6.92 Å². The molecular weight excluding hydrogens is 322 g/mol. The first-order valence-electron chi connectivity index (χ1n) is 8.96. The lowest BCUT2D eigenvalue weighted by Crippen LogP contribution is -2.62. The minimum absolute atomic E-state index is 0.0408. The van der Waals surface area contributed by atoms with Gasteiger partial charge in [-0.25, -0.2) is 9.97 Å². The third-order valence-corrected chi connectivity index (χ3v) is 6.58.